The van der Waals surface area contributed by atoms with Gasteiger partial charge in [-0.15, -0.1) is 0 Å². The van der Waals surface area contributed by atoms with Gasteiger partial charge in [-0.25, -0.2) is 10.1 Å². The average Bonchev–Trinajstić information content (AvgIpc) is 2.65. The Labute approximate surface area is 142 Å². The first-order valence-corrected chi connectivity index (χ1v) is 7.47. The monoisotopic (exact) mass is 312 g/mol. The van der Waals surface area contributed by atoms with E-state index in [0.29, 0.717) is 5.56 Å². The lowest BCUT2D eigenvalue weighted by molar-refractivity contribution is 0.877. The second kappa shape index (κ2) is 8.18. The molecule has 0 saturated heterocycles. The van der Waals surface area contributed by atoms with Crippen molar-refractivity contribution in [3.05, 3.63) is 82.8 Å². The molecule has 2 rings (SSSR count). The van der Waals surface area contributed by atoms with Crippen molar-refractivity contribution in [3.8, 4) is 12.1 Å². The number of benzene rings is 2. The van der Waals surface area contributed by atoms with Crippen LogP contribution in [0.3, 0.4) is 0 Å². The van der Waals surface area contributed by atoms with E-state index in [4.69, 9.17) is 11.8 Å². The van der Waals surface area contributed by atoms with Gasteiger partial charge in [0.25, 0.3) is 5.70 Å². The molecule has 0 aliphatic carbocycles. The summed E-state index contributed by atoms with van der Waals surface area (Å²) in [7, 11) is 2.01. The first-order chi connectivity index (χ1) is 11.7. The highest BCUT2D eigenvalue weighted by atomic mass is 15.1. The minimum atomic E-state index is -0.178. The van der Waals surface area contributed by atoms with Gasteiger partial charge in [-0.2, -0.15) is 5.26 Å². The summed E-state index contributed by atoms with van der Waals surface area (Å²) in [6.07, 6.45) is 0.943. The Bertz CT molecular complexity index is 828. The van der Waals surface area contributed by atoms with Gasteiger partial charge in [-0.3, -0.25) is 0 Å². The van der Waals surface area contributed by atoms with Crippen LogP contribution in [0.2, 0.25) is 0 Å². The summed E-state index contributed by atoms with van der Waals surface area (Å²) < 4.78 is 0. The molecule has 0 unspecified atom stereocenters. The van der Waals surface area contributed by atoms with Gasteiger partial charge in [-0.1, -0.05) is 42.5 Å². The Morgan fingerprint density at radius 3 is 2.25 bits per heavy atom. The molecule has 0 atom stereocenters. The van der Waals surface area contributed by atoms with Crippen molar-refractivity contribution in [2.24, 2.45) is 0 Å². The van der Waals surface area contributed by atoms with Crippen LogP contribution in [0.4, 0.5) is 5.69 Å². The number of hydrogen-bond acceptors (Lipinski definition) is 3. The Kier molecular flexibility index (Phi) is 5.73. The van der Waals surface area contributed by atoms with E-state index in [-0.39, 0.29) is 11.3 Å². The summed E-state index contributed by atoms with van der Waals surface area (Å²) in [6.45, 7) is 7.85. The SMILES string of the molecule is [C-]#[N+]/C(C#N)=C(/C#N)c1ccc(N(C)CCc2ccccc2)cc1. The first-order valence-electron chi connectivity index (χ1n) is 7.47. The van der Waals surface area contributed by atoms with Crippen molar-refractivity contribution in [2.45, 2.75) is 6.42 Å². The Morgan fingerprint density at radius 2 is 1.71 bits per heavy atom. The molecule has 0 aromatic heterocycles. The highest BCUT2D eigenvalue weighted by molar-refractivity contribution is 5.83. The van der Waals surface area contributed by atoms with Crippen molar-refractivity contribution in [1.29, 1.82) is 10.5 Å². The fraction of sp³-hybridized carbons (Fsp3) is 0.150. The van der Waals surface area contributed by atoms with E-state index in [9.17, 15) is 5.26 Å². The van der Waals surface area contributed by atoms with Crippen LogP contribution in [0.1, 0.15) is 11.1 Å². The molecule has 4 nitrogen and oxygen atoms in total. The van der Waals surface area contributed by atoms with Crippen LogP contribution in [0.15, 0.2) is 60.3 Å². The smallest absolute Gasteiger partial charge is 0.279 e. The maximum Gasteiger partial charge on any atom is 0.279 e. The van der Waals surface area contributed by atoms with Crippen LogP contribution in [0.25, 0.3) is 10.4 Å². The van der Waals surface area contributed by atoms with Crippen LogP contribution >= 0.6 is 0 Å². The van der Waals surface area contributed by atoms with Gasteiger partial charge in [0, 0.05) is 19.3 Å². The van der Waals surface area contributed by atoms with Crippen LogP contribution in [0, 0.1) is 29.2 Å². The third-order valence-electron chi connectivity index (χ3n) is 3.74. The maximum absolute atomic E-state index is 9.19. The van der Waals surface area contributed by atoms with Crippen molar-refractivity contribution in [1.82, 2.24) is 0 Å². The van der Waals surface area contributed by atoms with Crippen LogP contribution < -0.4 is 4.90 Å². The van der Waals surface area contributed by atoms with Gasteiger partial charge >= 0.3 is 0 Å². The molecular weight excluding hydrogens is 296 g/mol. The second-order valence-corrected chi connectivity index (χ2v) is 5.26. The largest absolute Gasteiger partial charge is 0.374 e. The van der Waals surface area contributed by atoms with Crippen molar-refractivity contribution >= 4 is 11.3 Å². The molecule has 4 heteroatoms. The quantitative estimate of drug-likeness (QED) is 0.618. The van der Waals surface area contributed by atoms with E-state index in [1.807, 2.05) is 43.4 Å². The molecule has 2 aromatic rings. The van der Waals surface area contributed by atoms with Crippen molar-refractivity contribution < 1.29 is 0 Å². The first kappa shape index (κ1) is 16.8. The molecule has 0 bridgehead atoms. The standard InChI is InChI=1S/C20H16N4/c1-23-20(15-22)19(14-21)17-8-10-18(11-9-17)24(2)13-12-16-6-4-3-5-7-16/h3-11H,12-13H2,2H3/b20-19-. The Hall–Kier alpha value is -3.55. The molecule has 0 heterocycles. The molecule has 0 saturated carbocycles. The van der Waals surface area contributed by atoms with Gasteiger partial charge in [0.1, 0.15) is 0 Å². The normalized spacial score (nSPS) is 10.8. The molecule has 2 aromatic carbocycles. The number of rotatable bonds is 5. The predicted octanol–water partition coefficient (Wildman–Crippen LogP) is 4.04. The summed E-state index contributed by atoms with van der Waals surface area (Å²) in [5.74, 6) is 0. The molecule has 24 heavy (non-hydrogen) atoms. The van der Waals surface area contributed by atoms with Crippen molar-refractivity contribution in [2.75, 3.05) is 18.5 Å². The predicted molar refractivity (Wildman–Crippen MR) is 94.6 cm³/mol. The topological polar surface area (TPSA) is 55.2 Å². The second-order valence-electron chi connectivity index (χ2n) is 5.26. The molecule has 0 radical (unpaired) electrons. The lowest BCUT2D eigenvalue weighted by atomic mass is 10.0. The summed E-state index contributed by atoms with van der Waals surface area (Å²) >= 11 is 0. The molecule has 0 aliphatic heterocycles. The Balaban J connectivity index is 2.12. The maximum atomic E-state index is 9.19. The summed E-state index contributed by atoms with van der Waals surface area (Å²) in [4.78, 5) is 5.24. The van der Waals surface area contributed by atoms with Crippen LogP contribution in [0.5, 0.6) is 0 Å². The number of allylic oxidation sites excluding steroid dienone is 2. The van der Waals surface area contributed by atoms with Crippen LogP contribution in [-0.2, 0) is 6.42 Å². The molecular formula is C20H16N4. The summed E-state index contributed by atoms with van der Waals surface area (Å²) in [5, 5.41) is 18.1. The van der Waals surface area contributed by atoms with Gasteiger partial charge in [0.15, 0.2) is 0 Å². The summed E-state index contributed by atoms with van der Waals surface area (Å²) in [5.41, 5.74) is 2.83. The van der Waals surface area contributed by atoms with E-state index < -0.39 is 0 Å². The van der Waals surface area contributed by atoms with Gasteiger partial charge in [0.05, 0.1) is 24.3 Å². The minimum Gasteiger partial charge on any atom is -0.374 e. The molecule has 0 amide bonds. The number of nitriles is 2. The number of anilines is 1. The van der Waals surface area contributed by atoms with Crippen molar-refractivity contribution in [3.63, 3.8) is 0 Å². The highest BCUT2D eigenvalue weighted by Gasteiger charge is 2.09. The fourth-order valence-electron chi connectivity index (χ4n) is 2.34. The van der Waals surface area contributed by atoms with E-state index in [2.05, 4.69) is 21.9 Å². The third-order valence-corrected chi connectivity index (χ3v) is 3.74. The van der Waals surface area contributed by atoms with E-state index in [0.717, 1.165) is 18.7 Å². The van der Waals surface area contributed by atoms with Crippen LogP contribution in [-0.4, -0.2) is 13.6 Å². The molecule has 0 N–H and O–H groups in total. The highest BCUT2D eigenvalue weighted by Crippen LogP contribution is 2.22. The van der Waals surface area contributed by atoms with E-state index >= 15 is 0 Å². The number of nitrogens with zero attached hydrogens (tertiary/aromatic N) is 4. The average molecular weight is 312 g/mol. The molecule has 0 fully saturated rings. The fourth-order valence-corrected chi connectivity index (χ4v) is 2.34. The van der Waals surface area contributed by atoms with Gasteiger partial charge in [0.2, 0.25) is 0 Å². The zero-order valence-corrected chi connectivity index (χ0v) is 13.4. The van der Waals surface area contributed by atoms with Gasteiger partial charge in [-0.05, 0) is 29.7 Å². The lowest BCUT2D eigenvalue weighted by Gasteiger charge is -2.19. The number of hydrogen-bond donors (Lipinski definition) is 0. The van der Waals surface area contributed by atoms with Gasteiger partial charge < -0.3 is 4.90 Å². The lowest BCUT2D eigenvalue weighted by Crippen LogP contribution is -2.20. The molecule has 116 valence electrons. The summed E-state index contributed by atoms with van der Waals surface area (Å²) in [6, 6.07) is 21.3. The van der Waals surface area contributed by atoms with E-state index in [1.165, 1.54) is 5.56 Å². The molecule has 0 spiro atoms. The van der Waals surface area contributed by atoms with E-state index in [1.54, 1.807) is 18.2 Å². The minimum absolute atomic E-state index is 0.117. The number of likely N-dealkylation sites (N-methyl/N-ethyl adjacent to an activating group) is 1. The third kappa shape index (κ3) is 4.01. The zero-order valence-electron chi connectivity index (χ0n) is 13.4. The Morgan fingerprint density at radius 1 is 1.04 bits per heavy atom. The molecule has 0 aliphatic rings. The zero-order chi connectivity index (χ0) is 17.4.